The molecule has 140 valence electrons. The largest absolute Gasteiger partial charge is 0.416 e. The summed E-state index contributed by atoms with van der Waals surface area (Å²) in [5.74, 6) is -0.824. The minimum absolute atomic E-state index is 0.200. The van der Waals surface area contributed by atoms with Crippen molar-refractivity contribution < 1.29 is 22.4 Å². The molecule has 3 rings (SSSR count). The molecule has 1 heterocycles. The number of hydrogen-bond donors (Lipinski definition) is 1. The lowest BCUT2D eigenvalue weighted by Crippen LogP contribution is -2.15. The van der Waals surface area contributed by atoms with Crippen LogP contribution in [-0.2, 0) is 17.4 Å². The summed E-state index contributed by atoms with van der Waals surface area (Å²) in [5.41, 5.74) is 0.795. The Morgan fingerprint density at radius 1 is 1.15 bits per heavy atom. The second-order valence-corrected chi connectivity index (χ2v) is 7.06. The molecule has 0 fully saturated rings. The third kappa shape index (κ3) is 4.71. The third-order valence-corrected chi connectivity index (χ3v) is 4.67. The summed E-state index contributed by atoms with van der Waals surface area (Å²) in [6.07, 6.45) is -4.66. The molecule has 1 amide bonds. The molecule has 1 aromatic heterocycles. The molecular weight excluding hydrogens is 380 g/mol. The number of aromatic nitrogens is 1. The lowest BCUT2D eigenvalue weighted by Gasteiger charge is -2.08. The Balaban J connectivity index is 1.72. The maximum atomic E-state index is 13.0. The normalized spacial score (nSPS) is 11.4. The highest BCUT2D eigenvalue weighted by molar-refractivity contribution is 7.16. The van der Waals surface area contributed by atoms with Crippen LogP contribution < -0.4 is 5.32 Å². The minimum Gasteiger partial charge on any atom is -0.302 e. The van der Waals surface area contributed by atoms with E-state index in [4.69, 9.17) is 0 Å². The van der Waals surface area contributed by atoms with Crippen molar-refractivity contribution in [3.05, 3.63) is 70.4 Å². The van der Waals surface area contributed by atoms with Crippen molar-refractivity contribution in [1.82, 2.24) is 4.98 Å². The van der Waals surface area contributed by atoms with Gasteiger partial charge in [-0.2, -0.15) is 13.2 Å². The maximum Gasteiger partial charge on any atom is 0.416 e. The molecule has 0 bridgehead atoms. The molecule has 0 spiro atoms. The smallest absolute Gasteiger partial charge is 0.302 e. The van der Waals surface area contributed by atoms with Crippen LogP contribution in [0.4, 0.5) is 22.7 Å². The van der Waals surface area contributed by atoms with E-state index in [1.807, 2.05) is 6.92 Å². The highest BCUT2D eigenvalue weighted by atomic mass is 32.1. The number of alkyl halides is 3. The quantitative estimate of drug-likeness (QED) is 0.597. The van der Waals surface area contributed by atoms with Crippen LogP contribution in [0.15, 0.2) is 48.5 Å². The van der Waals surface area contributed by atoms with Gasteiger partial charge in [-0.15, -0.1) is 11.3 Å². The first kappa shape index (κ1) is 19.0. The number of anilines is 1. The van der Waals surface area contributed by atoms with E-state index in [-0.39, 0.29) is 17.8 Å². The van der Waals surface area contributed by atoms with Crippen molar-refractivity contribution >= 4 is 22.4 Å². The highest BCUT2D eigenvalue weighted by Gasteiger charge is 2.30. The molecule has 0 unspecified atom stereocenters. The average Bonchev–Trinajstić information content (AvgIpc) is 2.95. The third-order valence-electron chi connectivity index (χ3n) is 3.78. The van der Waals surface area contributed by atoms with Crippen LogP contribution in [0, 0.1) is 12.7 Å². The molecule has 3 nitrogen and oxygen atoms in total. The molecule has 1 N–H and O–H groups in total. The number of thiazole rings is 1. The molecule has 0 aliphatic rings. The van der Waals surface area contributed by atoms with Crippen LogP contribution >= 0.6 is 11.3 Å². The lowest BCUT2D eigenvalue weighted by molar-refractivity contribution is -0.137. The van der Waals surface area contributed by atoms with Gasteiger partial charge >= 0.3 is 6.18 Å². The predicted molar refractivity (Wildman–Crippen MR) is 96.0 cm³/mol. The van der Waals surface area contributed by atoms with Gasteiger partial charge < -0.3 is 5.32 Å². The molecule has 2 aromatic carbocycles. The van der Waals surface area contributed by atoms with Crippen LogP contribution in [0.5, 0.6) is 0 Å². The molecule has 27 heavy (non-hydrogen) atoms. The fraction of sp³-hybridized carbons (Fsp3) is 0.158. The number of hydrogen-bond acceptors (Lipinski definition) is 3. The zero-order chi connectivity index (χ0) is 19.6. The maximum absolute atomic E-state index is 13.0. The number of halogens is 4. The number of aryl methyl sites for hydroxylation is 1. The zero-order valence-corrected chi connectivity index (χ0v) is 14.9. The van der Waals surface area contributed by atoms with E-state index in [0.717, 1.165) is 17.0 Å². The van der Waals surface area contributed by atoms with Gasteiger partial charge in [0.2, 0.25) is 5.91 Å². The Labute approximate surface area is 156 Å². The van der Waals surface area contributed by atoms with Gasteiger partial charge in [0.15, 0.2) is 5.13 Å². The first-order chi connectivity index (χ1) is 12.7. The number of amides is 1. The summed E-state index contributed by atoms with van der Waals surface area (Å²) in [5, 5.41) is 2.94. The van der Waals surface area contributed by atoms with E-state index in [9.17, 15) is 22.4 Å². The first-order valence-corrected chi connectivity index (χ1v) is 8.73. The monoisotopic (exact) mass is 394 g/mol. The summed E-state index contributed by atoms with van der Waals surface area (Å²) in [6, 6.07) is 10.5. The topological polar surface area (TPSA) is 42.0 Å². The molecule has 0 aliphatic heterocycles. The number of rotatable bonds is 4. The van der Waals surface area contributed by atoms with Gasteiger partial charge in [-0.25, -0.2) is 9.37 Å². The molecule has 0 saturated carbocycles. The number of benzene rings is 2. The Hall–Kier alpha value is -2.74. The van der Waals surface area contributed by atoms with Crippen molar-refractivity contribution in [3.8, 4) is 11.3 Å². The summed E-state index contributed by atoms with van der Waals surface area (Å²) in [4.78, 5) is 17.3. The summed E-state index contributed by atoms with van der Waals surface area (Å²) in [7, 11) is 0. The molecular formula is C19H14F4N2OS. The standard InChI is InChI=1S/C19H14F4N2OS/c1-11-17(13-5-7-15(20)8-6-13)25-18(27-11)24-16(26)10-12-3-2-4-14(9-12)19(21,22)23/h2-9H,10H2,1H3,(H,24,25,26). The van der Waals surface area contributed by atoms with Crippen LogP contribution in [-0.4, -0.2) is 10.9 Å². The van der Waals surface area contributed by atoms with Crippen molar-refractivity contribution in [2.45, 2.75) is 19.5 Å². The highest BCUT2D eigenvalue weighted by Crippen LogP contribution is 2.31. The fourth-order valence-electron chi connectivity index (χ4n) is 2.53. The number of carbonyl (C=O) groups is 1. The van der Waals surface area contributed by atoms with Gasteiger partial charge in [0.25, 0.3) is 0 Å². The molecule has 0 aliphatic carbocycles. The van der Waals surface area contributed by atoms with Gasteiger partial charge in [0.1, 0.15) is 5.82 Å². The van der Waals surface area contributed by atoms with Gasteiger partial charge in [0.05, 0.1) is 17.7 Å². The van der Waals surface area contributed by atoms with Crippen LogP contribution in [0.1, 0.15) is 16.0 Å². The number of nitrogens with zero attached hydrogens (tertiary/aromatic N) is 1. The van der Waals surface area contributed by atoms with Gasteiger partial charge in [-0.05, 0) is 42.8 Å². The Morgan fingerprint density at radius 3 is 2.52 bits per heavy atom. The molecule has 3 aromatic rings. The summed E-state index contributed by atoms with van der Waals surface area (Å²) >= 11 is 1.24. The Bertz CT molecular complexity index is 965. The predicted octanol–water partition coefficient (Wildman–Crippen LogP) is 5.46. The number of nitrogens with one attached hydrogen (secondary N) is 1. The molecule has 8 heteroatoms. The van der Waals surface area contributed by atoms with Gasteiger partial charge in [0, 0.05) is 10.4 Å². The van der Waals surface area contributed by atoms with Crippen molar-refractivity contribution in [2.75, 3.05) is 5.32 Å². The van der Waals surface area contributed by atoms with Gasteiger partial charge in [-0.1, -0.05) is 18.2 Å². The second-order valence-electron chi connectivity index (χ2n) is 5.85. The van der Waals surface area contributed by atoms with E-state index in [1.54, 1.807) is 12.1 Å². The minimum atomic E-state index is -4.46. The number of carbonyl (C=O) groups excluding carboxylic acids is 1. The fourth-order valence-corrected chi connectivity index (χ4v) is 3.38. The first-order valence-electron chi connectivity index (χ1n) is 7.92. The van der Waals surface area contributed by atoms with Crippen LogP contribution in [0.3, 0.4) is 0 Å². The van der Waals surface area contributed by atoms with E-state index < -0.39 is 17.6 Å². The lowest BCUT2D eigenvalue weighted by atomic mass is 10.1. The molecule has 0 atom stereocenters. The Kier molecular flexibility index (Phi) is 5.27. The second kappa shape index (κ2) is 7.48. The van der Waals surface area contributed by atoms with E-state index in [1.165, 1.54) is 35.6 Å². The van der Waals surface area contributed by atoms with Crippen LogP contribution in [0.25, 0.3) is 11.3 Å². The van der Waals surface area contributed by atoms with Crippen molar-refractivity contribution in [3.63, 3.8) is 0 Å². The van der Waals surface area contributed by atoms with E-state index in [2.05, 4.69) is 10.3 Å². The van der Waals surface area contributed by atoms with Crippen molar-refractivity contribution in [1.29, 1.82) is 0 Å². The SMILES string of the molecule is Cc1sc(NC(=O)Cc2cccc(C(F)(F)F)c2)nc1-c1ccc(F)cc1. The summed E-state index contributed by atoms with van der Waals surface area (Å²) in [6.45, 7) is 1.82. The average molecular weight is 394 g/mol. The van der Waals surface area contributed by atoms with Crippen LogP contribution in [0.2, 0.25) is 0 Å². The van der Waals surface area contributed by atoms with Crippen molar-refractivity contribution in [2.24, 2.45) is 0 Å². The molecule has 0 radical (unpaired) electrons. The van der Waals surface area contributed by atoms with E-state index in [0.29, 0.717) is 16.4 Å². The summed E-state index contributed by atoms with van der Waals surface area (Å²) < 4.78 is 51.3. The zero-order valence-electron chi connectivity index (χ0n) is 14.1. The van der Waals surface area contributed by atoms with E-state index >= 15 is 0 Å². The molecule has 0 saturated heterocycles. The van der Waals surface area contributed by atoms with Gasteiger partial charge in [-0.3, -0.25) is 4.79 Å². The Morgan fingerprint density at radius 2 is 1.85 bits per heavy atom.